The van der Waals surface area contributed by atoms with E-state index in [4.69, 9.17) is 0 Å². The molecule has 1 heterocycles. The number of rotatable bonds is 4. The molecule has 0 saturated carbocycles. The Labute approximate surface area is 112 Å². The van der Waals surface area contributed by atoms with Crippen LogP contribution in [0.3, 0.4) is 0 Å². The summed E-state index contributed by atoms with van der Waals surface area (Å²) in [5.74, 6) is 0.343. The van der Waals surface area contributed by atoms with Crippen molar-refractivity contribution >= 4 is 10.2 Å². The molecule has 1 aliphatic rings. The van der Waals surface area contributed by atoms with Crippen molar-refractivity contribution in [3.8, 4) is 0 Å². The van der Waals surface area contributed by atoms with Gasteiger partial charge in [-0.3, -0.25) is 0 Å². The Morgan fingerprint density at radius 3 is 2.39 bits per heavy atom. The normalized spacial score (nSPS) is 27.4. The highest BCUT2D eigenvalue weighted by Gasteiger charge is 2.33. The van der Waals surface area contributed by atoms with Gasteiger partial charge in [0, 0.05) is 24.7 Å². The molecule has 2 N–H and O–H groups in total. The lowest BCUT2D eigenvalue weighted by Gasteiger charge is -2.37. The lowest BCUT2D eigenvalue weighted by molar-refractivity contribution is 0.219. The molecule has 0 bridgehead atoms. The van der Waals surface area contributed by atoms with Gasteiger partial charge in [0.1, 0.15) is 0 Å². The van der Waals surface area contributed by atoms with E-state index >= 15 is 0 Å². The minimum absolute atomic E-state index is 0.343. The highest BCUT2D eigenvalue weighted by molar-refractivity contribution is 7.87. The number of nitrogens with one attached hydrogen (secondary N) is 2. The average molecular weight is 277 g/mol. The van der Waals surface area contributed by atoms with Crippen molar-refractivity contribution in [3.05, 3.63) is 0 Å². The van der Waals surface area contributed by atoms with Crippen molar-refractivity contribution in [2.75, 3.05) is 19.6 Å². The number of hydrogen-bond acceptors (Lipinski definition) is 3. The van der Waals surface area contributed by atoms with E-state index in [-0.39, 0.29) is 0 Å². The fourth-order valence-electron chi connectivity index (χ4n) is 2.34. The van der Waals surface area contributed by atoms with Gasteiger partial charge in [-0.1, -0.05) is 13.8 Å². The lowest BCUT2D eigenvalue weighted by Crippen LogP contribution is -2.55. The molecule has 0 aromatic heterocycles. The molecule has 1 aliphatic heterocycles. The smallest absolute Gasteiger partial charge is 0.279 e. The van der Waals surface area contributed by atoms with E-state index in [2.05, 4.69) is 23.9 Å². The van der Waals surface area contributed by atoms with Crippen LogP contribution in [0.5, 0.6) is 0 Å². The highest BCUT2D eigenvalue weighted by atomic mass is 32.2. The topological polar surface area (TPSA) is 61.4 Å². The van der Waals surface area contributed by atoms with Crippen molar-refractivity contribution in [3.63, 3.8) is 0 Å². The number of piperidine rings is 1. The van der Waals surface area contributed by atoms with Gasteiger partial charge in [-0.2, -0.15) is 17.4 Å². The maximum absolute atomic E-state index is 12.2. The molecular weight excluding hydrogens is 250 g/mol. The van der Waals surface area contributed by atoms with E-state index in [0.717, 1.165) is 13.0 Å². The summed E-state index contributed by atoms with van der Waals surface area (Å²) in [6.07, 6.45) is 0.875. The molecule has 0 spiro atoms. The minimum Gasteiger partial charge on any atom is -0.314 e. The van der Waals surface area contributed by atoms with Crippen molar-refractivity contribution in [1.82, 2.24) is 14.3 Å². The molecule has 1 saturated heterocycles. The highest BCUT2D eigenvalue weighted by Crippen LogP contribution is 2.19. The fourth-order valence-corrected chi connectivity index (χ4v) is 4.02. The monoisotopic (exact) mass is 277 g/mol. The summed E-state index contributed by atoms with van der Waals surface area (Å²) in [6.45, 7) is 11.9. The van der Waals surface area contributed by atoms with Gasteiger partial charge in [0.25, 0.3) is 10.2 Å². The largest absolute Gasteiger partial charge is 0.314 e. The molecule has 1 rings (SSSR count). The van der Waals surface area contributed by atoms with Gasteiger partial charge < -0.3 is 5.32 Å². The number of hydrogen-bond donors (Lipinski definition) is 2. The van der Waals surface area contributed by atoms with Crippen LogP contribution >= 0.6 is 0 Å². The minimum atomic E-state index is -3.36. The first-order valence-electron chi connectivity index (χ1n) is 6.68. The van der Waals surface area contributed by atoms with Crippen LogP contribution in [-0.4, -0.2) is 43.9 Å². The second-order valence-electron chi connectivity index (χ2n) is 6.15. The Kier molecular flexibility index (Phi) is 5.17. The van der Waals surface area contributed by atoms with Gasteiger partial charge in [0.15, 0.2) is 0 Å². The Bertz CT molecular complexity index is 362. The molecule has 0 amide bonds. The molecular formula is C12H27N3O2S. The predicted octanol–water partition coefficient (Wildman–Crippen LogP) is 0.939. The Morgan fingerprint density at radius 2 is 1.94 bits per heavy atom. The molecule has 5 nitrogen and oxygen atoms in total. The Balaban J connectivity index is 2.65. The van der Waals surface area contributed by atoms with Crippen LogP contribution in [0, 0.1) is 5.92 Å². The zero-order chi connectivity index (χ0) is 14.0. The second kappa shape index (κ2) is 5.86. The van der Waals surface area contributed by atoms with Crippen molar-refractivity contribution in [2.45, 2.75) is 52.6 Å². The van der Waals surface area contributed by atoms with Crippen LogP contribution in [0.1, 0.15) is 41.0 Å². The molecule has 2 unspecified atom stereocenters. The first kappa shape index (κ1) is 15.9. The fraction of sp³-hybridized carbons (Fsp3) is 1.00. The first-order valence-corrected chi connectivity index (χ1v) is 8.12. The van der Waals surface area contributed by atoms with Gasteiger partial charge in [-0.25, -0.2) is 0 Å². The van der Waals surface area contributed by atoms with Crippen molar-refractivity contribution in [2.24, 2.45) is 5.92 Å². The van der Waals surface area contributed by atoms with Crippen molar-refractivity contribution < 1.29 is 8.42 Å². The Hall–Kier alpha value is -0.170. The zero-order valence-corrected chi connectivity index (χ0v) is 13.0. The molecule has 18 heavy (non-hydrogen) atoms. The Morgan fingerprint density at radius 1 is 1.33 bits per heavy atom. The predicted molar refractivity (Wildman–Crippen MR) is 74.6 cm³/mol. The van der Waals surface area contributed by atoms with Crippen LogP contribution in [0.25, 0.3) is 0 Å². The van der Waals surface area contributed by atoms with Crippen molar-refractivity contribution in [1.29, 1.82) is 0 Å². The standard InChI is InChI=1S/C12H27N3O2S/c1-6-13-11-7-8-15(9-10(11)2)18(16,17)14-12(3,4)5/h10-11,13-14H,6-9H2,1-5H3. The molecule has 0 radical (unpaired) electrons. The van der Waals surface area contributed by atoms with Gasteiger partial charge in [0.05, 0.1) is 0 Å². The van der Waals surface area contributed by atoms with E-state index in [1.807, 2.05) is 20.8 Å². The van der Waals surface area contributed by atoms with E-state index in [0.29, 0.717) is 25.0 Å². The maximum atomic E-state index is 12.2. The summed E-state index contributed by atoms with van der Waals surface area (Å²) in [7, 11) is -3.36. The van der Waals surface area contributed by atoms with Crippen LogP contribution in [0.4, 0.5) is 0 Å². The summed E-state index contributed by atoms with van der Waals surface area (Å²) in [5.41, 5.74) is -0.430. The summed E-state index contributed by atoms with van der Waals surface area (Å²) >= 11 is 0. The van der Waals surface area contributed by atoms with Crippen LogP contribution in [0.15, 0.2) is 0 Å². The maximum Gasteiger partial charge on any atom is 0.279 e. The van der Waals surface area contributed by atoms with Crippen LogP contribution in [-0.2, 0) is 10.2 Å². The van der Waals surface area contributed by atoms with Gasteiger partial charge in [-0.05, 0) is 39.7 Å². The summed E-state index contributed by atoms with van der Waals surface area (Å²) in [6, 6.07) is 0.427. The third-order valence-electron chi connectivity index (χ3n) is 3.11. The number of nitrogens with zero attached hydrogens (tertiary/aromatic N) is 1. The summed E-state index contributed by atoms with van der Waals surface area (Å²) in [4.78, 5) is 0. The lowest BCUT2D eigenvalue weighted by atomic mass is 9.95. The third-order valence-corrected chi connectivity index (χ3v) is 4.99. The zero-order valence-electron chi connectivity index (χ0n) is 12.2. The van der Waals surface area contributed by atoms with Gasteiger partial charge in [0.2, 0.25) is 0 Å². The SMILES string of the molecule is CCNC1CCN(S(=O)(=O)NC(C)(C)C)CC1C. The second-order valence-corrected chi connectivity index (χ2v) is 7.82. The van der Waals surface area contributed by atoms with Crippen LogP contribution in [0.2, 0.25) is 0 Å². The van der Waals surface area contributed by atoms with Crippen LogP contribution < -0.4 is 10.0 Å². The van der Waals surface area contributed by atoms with E-state index in [1.165, 1.54) is 0 Å². The van der Waals surface area contributed by atoms with E-state index in [9.17, 15) is 8.42 Å². The quantitative estimate of drug-likeness (QED) is 0.804. The molecule has 0 aromatic carbocycles. The van der Waals surface area contributed by atoms with E-state index < -0.39 is 15.7 Å². The van der Waals surface area contributed by atoms with Gasteiger partial charge in [-0.15, -0.1) is 0 Å². The molecule has 108 valence electrons. The molecule has 0 aromatic rings. The summed E-state index contributed by atoms with van der Waals surface area (Å²) < 4.78 is 28.7. The average Bonchev–Trinajstić information content (AvgIpc) is 2.17. The van der Waals surface area contributed by atoms with Gasteiger partial charge >= 0.3 is 0 Å². The molecule has 0 aliphatic carbocycles. The summed E-state index contributed by atoms with van der Waals surface area (Å²) in [5, 5.41) is 3.41. The molecule has 1 fully saturated rings. The molecule has 2 atom stereocenters. The first-order chi connectivity index (χ1) is 8.15. The van der Waals surface area contributed by atoms with E-state index in [1.54, 1.807) is 4.31 Å². The molecule has 6 heteroatoms. The third kappa shape index (κ3) is 4.50.